The molecule has 0 unspecified atom stereocenters. The van der Waals surface area contributed by atoms with Crippen molar-refractivity contribution in [3.8, 4) is 0 Å². The molecule has 2 aromatic heterocycles. The van der Waals surface area contributed by atoms with Crippen molar-refractivity contribution in [1.29, 1.82) is 0 Å². The van der Waals surface area contributed by atoms with Crippen molar-refractivity contribution in [2.24, 2.45) is 0 Å². The number of nitrogens with zero attached hydrogens (tertiary/aromatic N) is 3. The van der Waals surface area contributed by atoms with Gasteiger partial charge in [0.15, 0.2) is 9.84 Å². The molecule has 4 rings (SSSR count). The number of sulfone groups is 1. The number of amides is 1. The van der Waals surface area contributed by atoms with Crippen LogP contribution in [-0.2, 0) is 22.8 Å². The zero-order chi connectivity index (χ0) is 21.3. The maximum absolute atomic E-state index is 12.9. The van der Waals surface area contributed by atoms with Gasteiger partial charge in [-0.3, -0.25) is 9.20 Å². The lowest BCUT2D eigenvalue weighted by atomic mass is 10.2. The molecule has 9 heteroatoms. The van der Waals surface area contributed by atoms with Gasteiger partial charge in [0.05, 0.1) is 22.2 Å². The number of carbonyl (C=O) groups excluding carboxylic acids is 1. The number of anilines is 1. The molecular weight excluding hydrogens is 424 g/mol. The summed E-state index contributed by atoms with van der Waals surface area (Å²) in [6.07, 6.45) is 2.34. The topological polar surface area (TPSA) is 83.8 Å². The van der Waals surface area contributed by atoms with E-state index >= 15 is 0 Å². The van der Waals surface area contributed by atoms with Crippen molar-refractivity contribution in [3.05, 3.63) is 64.6 Å². The first-order valence-electron chi connectivity index (χ1n) is 9.85. The third-order valence-corrected chi connectivity index (χ3v) is 7.14. The fraction of sp³-hybridized carbons (Fsp3) is 0.333. The molecule has 7 nitrogen and oxygen atoms in total. The van der Waals surface area contributed by atoms with E-state index in [2.05, 4.69) is 15.2 Å². The van der Waals surface area contributed by atoms with E-state index in [0.29, 0.717) is 42.4 Å². The summed E-state index contributed by atoms with van der Waals surface area (Å²) in [6.45, 7) is 3.36. The molecule has 0 spiro atoms. The minimum Gasteiger partial charge on any atom is -0.369 e. The predicted molar refractivity (Wildman–Crippen MR) is 118 cm³/mol. The molecule has 1 aliphatic heterocycles. The fourth-order valence-electron chi connectivity index (χ4n) is 3.62. The number of halogens is 1. The van der Waals surface area contributed by atoms with Gasteiger partial charge in [-0.25, -0.2) is 13.4 Å². The molecule has 1 N–H and O–H groups in total. The van der Waals surface area contributed by atoms with Crippen LogP contribution in [0.2, 0.25) is 5.02 Å². The van der Waals surface area contributed by atoms with Crippen LogP contribution < -0.4 is 10.2 Å². The summed E-state index contributed by atoms with van der Waals surface area (Å²) in [5.74, 6) is 0.175. The van der Waals surface area contributed by atoms with E-state index in [1.165, 1.54) is 0 Å². The maximum atomic E-state index is 12.9. The van der Waals surface area contributed by atoms with Gasteiger partial charge in [0.1, 0.15) is 11.3 Å². The van der Waals surface area contributed by atoms with Crippen LogP contribution in [0.15, 0.2) is 42.6 Å². The second-order valence-electron chi connectivity index (χ2n) is 7.32. The molecule has 0 radical (unpaired) electrons. The van der Waals surface area contributed by atoms with E-state index in [0.717, 1.165) is 16.9 Å². The van der Waals surface area contributed by atoms with Crippen molar-refractivity contribution in [3.63, 3.8) is 0 Å². The number of hydrogen-bond donors (Lipinski definition) is 1. The molecule has 3 heterocycles. The lowest BCUT2D eigenvalue weighted by Gasteiger charge is -2.28. The van der Waals surface area contributed by atoms with Gasteiger partial charge in [-0.05, 0) is 36.2 Å². The predicted octanol–water partition coefficient (Wildman–Crippen LogP) is 2.71. The second kappa shape index (κ2) is 8.28. The van der Waals surface area contributed by atoms with Crippen molar-refractivity contribution in [2.45, 2.75) is 19.9 Å². The molecule has 0 atom stereocenters. The zero-order valence-corrected chi connectivity index (χ0v) is 18.2. The number of benzene rings is 1. The standard InChI is InChI=1S/C21H23ClN4O3S/c1-2-18-20(26-14-16(22)5-8-19(26)24-18)21(27)23-13-15-3-6-17(7-4-15)25-9-11-30(28,29)12-10-25/h3-8,14H,2,9-13H2,1H3,(H,23,27). The van der Waals surface area contributed by atoms with Gasteiger partial charge in [0.2, 0.25) is 0 Å². The first-order valence-corrected chi connectivity index (χ1v) is 12.1. The van der Waals surface area contributed by atoms with Gasteiger partial charge >= 0.3 is 0 Å². The number of aryl methyl sites for hydroxylation is 1. The Morgan fingerprint density at radius 3 is 2.50 bits per heavy atom. The largest absolute Gasteiger partial charge is 0.369 e. The van der Waals surface area contributed by atoms with Crippen LogP contribution in [0, 0.1) is 0 Å². The SMILES string of the molecule is CCc1nc2ccc(Cl)cn2c1C(=O)NCc1ccc(N2CCS(=O)(=O)CC2)cc1. The number of pyridine rings is 1. The first-order chi connectivity index (χ1) is 14.4. The highest BCUT2D eigenvalue weighted by Gasteiger charge is 2.22. The molecular formula is C21H23ClN4O3S. The Balaban J connectivity index is 1.44. The minimum atomic E-state index is -2.90. The summed E-state index contributed by atoms with van der Waals surface area (Å²) in [6, 6.07) is 11.4. The molecule has 1 aromatic carbocycles. The molecule has 1 saturated heterocycles. The minimum absolute atomic E-state index is 0.188. The van der Waals surface area contributed by atoms with Crippen LogP contribution in [0.1, 0.15) is 28.7 Å². The summed E-state index contributed by atoms with van der Waals surface area (Å²) in [5, 5.41) is 3.50. The van der Waals surface area contributed by atoms with Crippen LogP contribution in [0.3, 0.4) is 0 Å². The van der Waals surface area contributed by atoms with E-state index in [4.69, 9.17) is 11.6 Å². The van der Waals surface area contributed by atoms with E-state index in [1.54, 1.807) is 22.7 Å². The number of rotatable bonds is 5. The van der Waals surface area contributed by atoms with Crippen LogP contribution in [-0.4, -0.2) is 48.3 Å². The quantitative estimate of drug-likeness (QED) is 0.651. The summed E-state index contributed by atoms with van der Waals surface area (Å²) in [5.41, 5.74) is 3.87. The summed E-state index contributed by atoms with van der Waals surface area (Å²) in [4.78, 5) is 19.5. The molecule has 1 amide bonds. The van der Waals surface area contributed by atoms with Gasteiger partial charge < -0.3 is 10.2 Å². The smallest absolute Gasteiger partial charge is 0.270 e. The van der Waals surface area contributed by atoms with Crippen LogP contribution >= 0.6 is 11.6 Å². The number of carbonyl (C=O) groups is 1. The third kappa shape index (κ3) is 4.29. The van der Waals surface area contributed by atoms with E-state index in [-0.39, 0.29) is 17.4 Å². The van der Waals surface area contributed by atoms with E-state index < -0.39 is 9.84 Å². The zero-order valence-electron chi connectivity index (χ0n) is 16.6. The lowest BCUT2D eigenvalue weighted by Crippen LogP contribution is -2.40. The van der Waals surface area contributed by atoms with Crippen molar-refractivity contribution in [1.82, 2.24) is 14.7 Å². The molecule has 30 heavy (non-hydrogen) atoms. The fourth-order valence-corrected chi connectivity index (χ4v) is 4.98. The normalized spacial score (nSPS) is 16.0. The summed E-state index contributed by atoms with van der Waals surface area (Å²) < 4.78 is 24.9. The number of nitrogens with one attached hydrogen (secondary N) is 1. The van der Waals surface area contributed by atoms with Gasteiger partial charge in [-0.1, -0.05) is 30.7 Å². The van der Waals surface area contributed by atoms with E-state index in [1.807, 2.05) is 31.2 Å². The van der Waals surface area contributed by atoms with Crippen molar-refractivity contribution >= 4 is 38.7 Å². The molecule has 158 valence electrons. The Kier molecular flexibility index (Phi) is 5.71. The monoisotopic (exact) mass is 446 g/mol. The Morgan fingerprint density at radius 1 is 1.13 bits per heavy atom. The van der Waals surface area contributed by atoms with E-state index in [9.17, 15) is 13.2 Å². The Hall–Kier alpha value is -2.58. The Morgan fingerprint density at radius 2 is 1.83 bits per heavy atom. The van der Waals surface area contributed by atoms with Gasteiger partial charge in [0, 0.05) is 31.5 Å². The molecule has 0 aliphatic carbocycles. The lowest BCUT2D eigenvalue weighted by molar-refractivity contribution is 0.0944. The highest BCUT2D eigenvalue weighted by Crippen LogP contribution is 2.19. The van der Waals surface area contributed by atoms with Gasteiger partial charge in [0.25, 0.3) is 5.91 Å². The van der Waals surface area contributed by atoms with Crippen molar-refractivity contribution in [2.75, 3.05) is 29.5 Å². The number of fused-ring (bicyclic) bond motifs is 1. The van der Waals surface area contributed by atoms with Crippen molar-refractivity contribution < 1.29 is 13.2 Å². The number of hydrogen-bond acceptors (Lipinski definition) is 5. The third-order valence-electron chi connectivity index (χ3n) is 5.30. The average molecular weight is 447 g/mol. The second-order valence-corrected chi connectivity index (χ2v) is 10.1. The molecule has 1 aliphatic rings. The summed E-state index contributed by atoms with van der Waals surface area (Å²) >= 11 is 6.10. The maximum Gasteiger partial charge on any atom is 0.270 e. The number of imidazole rings is 1. The average Bonchev–Trinajstić information content (AvgIpc) is 3.10. The molecule has 0 bridgehead atoms. The van der Waals surface area contributed by atoms with Gasteiger partial charge in [-0.2, -0.15) is 0 Å². The van der Waals surface area contributed by atoms with Crippen LogP contribution in [0.5, 0.6) is 0 Å². The summed E-state index contributed by atoms with van der Waals surface area (Å²) in [7, 11) is -2.90. The Bertz CT molecular complexity index is 1170. The van der Waals surface area contributed by atoms with Gasteiger partial charge in [-0.15, -0.1) is 0 Å². The molecule has 3 aromatic rings. The molecule has 1 fully saturated rings. The first kappa shape index (κ1) is 20.7. The molecule has 0 saturated carbocycles. The number of aromatic nitrogens is 2. The highest BCUT2D eigenvalue weighted by atomic mass is 35.5. The highest BCUT2D eigenvalue weighted by molar-refractivity contribution is 7.91. The van der Waals surface area contributed by atoms with Crippen LogP contribution in [0.4, 0.5) is 5.69 Å². The van der Waals surface area contributed by atoms with Crippen LogP contribution in [0.25, 0.3) is 5.65 Å². The Labute approximate surface area is 180 Å².